The van der Waals surface area contributed by atoms with E-state index in [9.17, 15) is 0 Å². The Bertz CT molecular complexity index is 7030. The smallest absolute Gasteiger partial charge is 0.0541 e. The summed E-state index contributed by atoms with van der Waals surface area (Å²) in [5, 5.41) is 5.22. The highest BCUT2D eigenvalue weighted by Crippen LogP contribution is 2.72. The van der Waals surface area contributed by atoms with E-state index in [1.54, 1.807) is 22.3 Å². The van der Waals surface area contributed by atoms with Gasteiger partial charge in [-0.2, -0.15) is 0 Å². The fourth-order valence-electron chi connectivity index (χ4n) is 27.6. The van der Waals surface area contributed by atoms with E-state index in [0.717, 1.165) is 64.4 Å². The van der Waals surface area contributed by atoms with E-state index in [1.165, 1.54) is 218 Å². The fourth-order valence-corrected chi connectivity index (χ4v) is 28.8. The SMILES string of the molecule is CC1(C)c2ccccc2-c2ccc(N(c3ccc(-c4ccc5c(c4)-c4ccccc4C54C5CC6CC(C5)CC4C6)cc3)c3ccc(-n4c5ccccc5c5ccccc54)cc3)cc21.CC1(C)c2ccccc2-c2ccc(N(c3ccc(-c4ccc5c(c4)-c4ccccc4C54C5CC6CC(C5)CC4C6)cc3)c3ccc4c(c3)sc3ccccc34)cc21. The van der Waals surface area contributed by atoms with Gasteiger partial charge in [0.25, 0.3) is 0 Å². The molecule has 15 aromatic carbocycles. The van der Waals surface area contributed by atoms with Crippen LogP contribution in [0.2, 0.25) is 0 Å². The van der Waals surface area contributed by atoms with Gasteiger partial charge in [-0.05, 0) is 338 Å². The molecule has 2 heterocycles. The van der Waals surface area contributed by atoms with Crippen LogP contribution in [-0.2, 0) is 21.7 Å². The molecule has 8 fully saturated rings. The van der Waals surface area contributed by atoms with Crippen LogP contribution in [0.1, 0.15) is 136 Å². The van der Waals surface area contributed by atoms with Crippen molar-refractivity contribution in [1.82, 2.24) is 4.57 Å². The van der Waals surface area contributed by atoms with Crippen molar-refractivity contribution < 1.29 is 0 Å². The number of rotatable bonds is 9. The fraction of sp³-hybridized carbons (Fsp3) is 0.224. The molecule has 8 bridgehead atoms. The summed E-state index contributed by atoms with van der Waals surface area (Å²) in [6, 6.07) is 128. The van der Waals surface area contributed by atoms with Crippen LogP contribution in [0, 0.1) is 47.3 Å². The summed E-state index contributed by atoms with van der Waals surface area (Å²) in [6.45, 7) is 9.51. The molecule has 0 saturated heterocycles. The maximum Gasteiger partial charge on any atom is 0.0541 e. The monoisotopic (exact) mass is 1560 g/mol. The summed E-state index contributed by atoms with van der Waals surface area (Å²) < 4.78 is 5.06. The van der Waals surface area contributed by atoms with Gasteiger partial charge < -0.3 is 14.4 Å². The summed E-state index contributed by atoms with van der Waals surface area (Å²) in [7, 11) is 0. The molecule has 0 atom stereocenters. The van der Waals surface area contributed by atoms with Gasteiger partial charge in [-0.25, -0.2) is 0 Å². The number of para-hydroxylation sites is 2. The Morgan fingerprint density at radius 3 is 1.02 bits per heavy atom. The van der Waals surface area contributed by atoms with Gasteiger partial charge >= 0.3 is 0 Å². The van der Waals surface area contributed by atoms with Crippen LogP contribution in [0.25, 0.3) is 114 Å². The second-order valence-electron chi connectivity index (χ2n) is 38.7. The Balaban J connectivity index is 0.000000130. The van der Waals surface area contributed by atoms with Crippen molar-refractivity contribution in [1.29, 1.82) is 0 Å². The van der Waals surface area contributed by atoms with Gasteiger partial charge in [0.2, 0.25) is 0 Å². The van der Waals surface area contributed by atoms with E-state index in [1.807, 2.05) is 11.3 Å². The van der Waals surface area contributed by atoms with E-state index in [0.29, 0.717) is 0 Å². The van der Waals surface area contributed by atoms with E-state index < -0.39 is 0 Å². The molecular weight excluding hydrogens is 1470 g/mol. The number of thiophene rings is 1. The number of anilines is 6. The third-order valence-corrected chi connectivity index (χ3v) is 33.4. The van der Waals surface area contributed by atoms with E-state index in [-0.39, 0.29) is 21.7 Å². The quantitative estimate of drug-likeness (QED) is 0.143. The zero-order valence-corrected chi connectivity index (χ0v) is 69.5. The molecule has 0 N–H and O–H groups in total. The zero-order chi connectivity index (χ0) is 79.2. The van der Waals surface area contributed by atoms with Gasteiger partial charge in [0, 0.05) is 92.4 Å². The lowest BCUT2D eigenvalue weighted by atomic mass is 9.43. The summed E-state index contributed by atoms with van der Waals surface area (Å²) in [5.74, 6) is 6.95. The van der Waals surface area contributed by atoms with Crippen LogP contribution in [0.15, 0.2) is 334 Å². The van der Waals surface area contributed by atoms with Gasteiger partial charge in [0.15, 0.2) is 0 Å². The first-order valence-electron chi connectivity index (χ1n) is 44.7. The van der Waals surface area contributed by atoms with E-state index in [2.05, 4.69) is 376 Å². The molecule has 2 spiro atoms. The second-order valence-corrected chi connectivity index (χ2v) is 39.8. The maximum absolute atomic E-state index is 2.55. The molecule has 3 nitrogen and oxygen atoms in total. The highest BCUT2D eigenvalue weighted by atomic mass is 32.1. The van der Waals surface area contributed by atoms with E-state index in [4.69, 9.17) is 0 Å². The first-order valence-corrected chi connectivity index (χ1v) is 45.5. The van der Waals surface area contributed by atoms with Gasteiger partial charge in [0.05, 0.1) is 11.0 Å². The largest absolute Gasteiger partial charge is 0.310 e. The summed E-state index contributed by atoms with van der Waals surface area (Å²) >= 11 is 1.89. The lowest BCUT2D eigenvalue weighted by Gasteiger charge is -2.61. The molecule has 8 saturated carbocycles. The van der Waals surface area contributed by atoms with Gasteiger partial charge in [-0.3, -0.25) is 0 Å². The van der Waals surface area contributed by atoms with Crippen molar-refractivity contribution >= 4 is 87.4 Å². The van der Waals surface area contributed by atoms with Gasteiger partial charge in [-0.15, -0.1) is 11.3 Å². The number of hydrogen-bond donors (Lipinski definition) is 0. The Kier molecular flexibility index (Phi) is 15.0. The number of nitrogens with zero attached hydrogens (tertiary/aromatic N) is 3. The molecular formula is C116H95N3S. The number of benzene rings is 15. The lowest BCUT2D eigenvalue weighted by molar-refractivity contribution is -0.0399. The van der Waals surface area contributed by atoms with Crippen LogP contribution in [0.3, 0.4) is 0 Å². The minimum absolute atomic E-state index is 0.0751. The molecule has 29 rings (SSSR count). The molecule has 120 heavy (non-hydrogen) atoms. The topological polar surface area (TPSA) is 11.4 Å². The molecule has 580 valence electrons. The Morgan fingerprint density at radius 2 is 0.567 bits per heavy atom. The van der Waals surface area contributed by atoms with Crippen LogP contribution < -0.4 is 9.80 Å². The first kappa shape index (κ1) is 69.8. The summed E-state index contributed by atoms with van der Waals surface area (Å²) in [4.78, 5) is 4.93. The molecule has 2 aromatic heterocycles. The standard InChI is InChI=1S/C61H50N2.C55H45NS/c1-60(2)54-15-7-3-11-48(54)50-29-28-47(37-57(50)60)62(45-24-26-46(27-25-45)63-58-17-9-5-13-51(58)52-14-6-10-18-59(52)63)44-22-19-40(20-23-44)41-21-30-56-53(36-41)49-12-4-8-16-55(49)61(56)42-32-38-31-39(34-42)35-43(61)33-38;1-54(2)48-12-6-3-9-42(48)44-22-20-40(31-51(44)54)56(41-21-23-46-45-11-5-8-14-52(45)57-53(46)32-41)39-18-15-35(16-19-39)36-17-24-50-47(30-36)43-10-4-7-13-49(43)55(50)37-26-33-25-34(28-37)29-38(55)27-33/h3-30,36-39,42-43H,31-35H2,1-2H3;3-24,30-34,37-38H,25-29H2,1-2H3. The molecule has 17 aromatic rings. The van der Waals surface area contributed by atoms with Crippen LogP contribution in [0.4, 0.5) is 34.1 Å². The normalized spacial score (nSPS) is 23.5. The number of hydrogen-bond acceptors (Lipinski definition) is 3. The van der Waals surface area contributed by atoms with Crippen molar-refractivity contribution in [3.05, 3.63) is 378 Å². The average molecular weight is 1560 g/mol. The molecule has 12 aliphatic rings. The van der Waals surface area contributed by atoms with Crippen molar-refractivity contribution in [3.63, 3.8) is 0 Å². The third kappa shape index (κ3) is 9.86. The minimum Gasteiger partial charge on any atom is -0.310 e. The molecule has 0 unspecified atom stereocenters. The van der Waals surface area contributed by atoms with Crippen molar-refractivity contribution in [2.75, 3.05) is 9.80 Å². The second kappa shape index (κ2) is 25.7. The molecule has 0 amide bonds. The predicted molar refractivity (Wildman–Crippen MR) is 502 cm³/mol. The zero-order valence-electron chi connectivity index (χ0n) is 68.7. The number of fused-ring (bicyclic) bond motifs is 18. The van der Waals surface area contributed by atoms with Crippen LogP contribution in [-0.4, -0.2) is 4.57 Å². The number of aromatic nitrogens is 1. The average Bonchev–Trinajstić information content (AvgIpc) is 1.50. The first-order chi connectivity index (χ1) is 58.9. The minimum atomic E-state index is -0.0979. The van der Waals surface area contributed by atoms with Crippen molar-refractivity contribution in [2.45, 2.75) is 114 Å². The lowest BCUT2D eigenvalue weighted by Crippen LogP contribution is -2.55. The summed E-state index contributed by atoms with van der Waals surface area (Å²) in [5.41, 5.74) is 39.4. The Labute approximate surface area is 708 Å². The van der Waals surface area contributed by atoms with Crippen molar-refractivity contribution in [3.8, 4) is 72.4 Å². The Hall–Kier alpha value is -12.1. The highest BCUT2D eigenvalue weighted by Gasteiger charge is 2.63. The van der Waals surface area contributed by atoms with E-state index >= 15 is 0 Å². The highest BCUT2D eigenvalue weighted by molar-refractivity contribution is 7.25. The summed E-state index contributed by atoms with van der Waals surface area (Å²) in [6.07, 6.45) is 14.3. The van der Waals surface area contributed by atoms with Crippen LogP contribution >= 0.6 is 11.3 Å². The maximum atomic E-state index is 2.55. The van der Waals surface area contributed by atoms with Gasteiger partial charge in [0.1, 0.15) is 0 Å². The predicted octanol–water partition coefficient (Wildman–Crippen LogP) is 31.2. The van der Waals surface area contributed by atoms with Crippen molar-refractivity contribution in [2.24, 2.45) is 47.3 Å². The third-order valence-electron chi connectivity index (χ3n) is 32.2. The molecule has 4 heteroatoms. The molecule has 12 aliphatic carbocycles. The Morgan fingerprint density at radius 1 is 0.242 bits per heavy atom. The van der Waals surface area contributed by atoms with Crippen LogP contribution in [0.5, 0.6) is 0 Å². The van der Waals surface area contributed by atoms with Gasteiger partial charge in [-0.1, -0.05) is 246 Å². The molecule has 0 radical (unpaired) electrons. The molecule has 0 aliphatic heterocycles.